The van der Waals surface area contributed by atoms with Gasteiger partial charge in [0, 0.05) is 0 Å². The van der Waals surface area contributed by atoms with Crippen molar-refractivity contribution in [3.05, 3.63) is 59.4 Å². The summed E-state index contributed by atoms with van der Waals surface area (Å²) in [6.07, 6.45) is 1.48. The largest absolute Gasteiger partial charge is 0.493 e. The van der Waals surface area contributed by atoms with Crippen molar-refractivity contribution < 1.29 is 13.9 Å². The van der Waals surface area contributed by atoms with E-state index in [0.29, 0.717) is 17.1 Å². The Morgan fingerprint density at radius 1 is 1.17 bits per heavy atom. The van der Waals surface area contributed by atoms with Crippen molar-refractivity contribution in [3.63, 3.8) is 0 Å². The summed E-state index contributed by atoms with van der Waals surface area (Å²) in [5.74, 6) is 0.624. The molecule has 0 atom stereocenters. The maximum absolute atomic E-state index is 13.2. The molecule has 7 heteroatoms. The Balaban J connectivity index is 2.15. The fourth-order valence-electron chi connectivity index (χ4n) is 1.84. The molecule has 0 radical (unpaired) electrons. The van der Waals surface area contributed by atoms with Gasteiger partial charge in [-0.1, -0.05) is 12.1 Å². The number of nitrogens with two attached hydrogens (primary N) is 2. The number of benzene rings is 2. The molecule has 2 aromatic rings. The molecule has 120 valence electrons. The zero-order valence-corrected chi connectivity index (χ0v) is 12.6. The molecule has 0 saturated carbocycles. The van der Waals surface area contributed by atoms with Crippen molar-refractivity contribution in [3.8, 4) is 11.5 Å². The Kier molecular flexibility index (Phi) is 5.51. The average Bonchev–Trinajstić information content (AvgIpc) is 2.53. The van der Waals surface area contributed by atoms with E-state index in [1.807, 2.05) is 0 Å². The highest BCUT2D eigenvalue weighted by Crippen LogP contribution is 2.28. The van der Waals surface area contributed by atoms with Crippen LogP contribution in [0.25, 0.3) is 0 Å². The fourth-order valence-corrected chi connectivity index (χ4v) is 1.84. The predicted molar refractivity (Wildman–Crippen MR) is 87.1 cm³/mol. The number of rotatable bonds is 6. The Morgan fingerprint density at radius 2 is 2.00 bits per heavy atom. The van der Waals surface area contributed by atoms with Gasteiger partial charge in [0.05, 0.1) is 13.3 Å². The van der Waals surface area contributed by atoms with Gasteiger partial charge in [0.2, 0.25) is 5.96 Å². The second-order valence-electron chi connectivity index (χ2n) is 4.60. The summed E-state index contributed by atoms with van der Waals surface area (Å²) in [7, 11) is 1.54. The minimum absolute atomic E-state index is 0.127. The van der Waals surface area contributed by atoms with Gasteiger partial charge in [-0.3, -0.25) is 0 Å². The summed E-state index contributed by atoms with van der Waals surface area (Å²) < 4.78 is 24.1. The van der Waals surface area contributed by atoms with Crippen molar-refractivity contribution >= 4 is 12.2 Å². The first-order valence-electron chi connectivity index (χ1n) is 6.75. The van der Waals surface area contributed by atoms with Crippen LogP contribution >= 0.6 is 0 Å². The Labute approximate surface area is 133 Å². The molecule has 2 aromatic carbocycles. The van der Waals surface area contributed by atoms with Gasteiger partial charge >= 0.3 is 0 Å². The van der Waals surface area contributed by atoms with Gasteiger partial charge in [0.15, 0.2) is 11.5 Å². The molecule has 0 unspecified atom stereocenters. The van der Waals surface area contributed by atoms with Crippen molar-refractivity contribution in [1.29, 1.82) is 0 Å². The zero-order chi connectivity index (χ0) is 16.7. The number of halogens is 1. The minimum atomic E-state index is -0.309. The van der Waals surface area contributed by atoms with Crippen LogP contribution in [0.3, 0.4) is 0 Å². The second kappa shape index (κ2) is 7.79. The smallest absolute Gasteiger partial charge is 0.211 e. The van der Waals surface area contributed by atoms with Crippen molar-refractivity contribution in [2.75, 3.05) is 7.11 Å². The maximum Gasteiger partial charge on any atom is 0.211 e. The van der Waals surface area contributed by atoms with Gasteiger partial charge in [-0.25, -0.2) is 4.39 Å². The van der Waals surface area contributed by atoms with Gasteiger partial charge in [0.1, 0.15) is 12.4 Å². The molecule has 0 spiro atoms. The number of hydrogen-bond acceptors (Lipinski definition) is 4. The first kappa shape index (κ1) is 16.3. The molecule has 0 aromatic heterocycles. The number of ether oxygens (including phenoxy) is 2. The Morgan fingerprint density at radius 3 is 2.70 bits per heavy atom. The molecule has 0 amide bonds. The quantitative estimate of drug-likeness (QED) is 0.484. The molecule has 0 fully saturated rings. The van der Waals surface area contributed by atoms with Crippen LogP contribution in [-0.4, -0.2) is 19.3 Å². The molecule has 4 N–H and O–H groups in total. The topological polar surface area (TPSA) is 95.2 Å². The minimum Gasteiger partial charge on any atom is -0.493 e. The van der Waals surface area contributed by atoms with Crippen LogP contribution in [0.4, 0.5) is 4.39 Å². The van der Waals surface area contributed by atoms with Crippen molar-refractivity contribution in [1.82, 2.24) is 0 Å². The van der Waals surface area contributed by atoms with Crippen molar-refractivity contribution in [2.24, 2.45) is 21.7 Å². The maximum atomic E-state index is 13.2. The van der Waals surface area contributed by atoms with Gasteiger partial charge in [-0.05, 0) is 41.5 Å². The molecule has 2 rings (SSSR count). The lowest BCUT2D eigenvalue weighted by Crippen LogP contribution is -2.21. The van der Waals surface area contributed by atoms with Crippen LogP contribution < -0.4 is 20.9 Å². The first-order valence-corrected chi connectivity index (χ1v) is 6.75. The lowest BCUT2D eigenvalue weighted by atomic mass is 10.2. The van der Waals surface area contributed by atoms with E-state index in [9.17, 15) is 4.39 Å². The van der Waals surface area contributed by atoms with E-state index in [-0.39, 0.29) is 18.4 Å². The van der Waals surface area contributed by atoms with Gasteiger partial charge in [0.25, 0.3) is 0 Å². The van der Waals surface area contributed by atoms with Crippen molar-refractivity contribution in [2.45, 2.75) is 6.61 Å². The lowest BCUT2D eigenvalue weighted by Gasteiger charge is -2.11. The highest BCUT2D eigenvalue weighted by Gasteiger charge is 2.06. The highest BCUT2D eigenvalue weighted by molar-refractivity contribution is 5.82. The van der Waals surface area contributed by atoms with Crippen LogP contribution in [0, 0.1) is 5.82 Å². The first-order chi connectivity index (χ1) is 11.1. The van der Waals surface area contributed by atoms with Crippen LogP contribution in [0.15, 0.2) is 52.7 Å². The highest BCUT2D eigenvalue weighted by atomic mass is 19.1. The van der Waals surface area contributed by atoms with E-state index in [0.717, 1.165) is 5.56 Å². The molecule has 0 bridgehead atoms. The van der Waals surface area contributed by atoms with E-state index >= 15 is 0 Å². The van der Waals surface area contributed by atoms with Crippen LogP contribution in [0.5, 0.6) is 11.5 Å². The third-order valence-corrected chi connectivity index (χ3v) is 2.85. The third-order valence-electron chi connectivity index (χ3n) is 2.85. The van der Waals surface area contributed by atoms with E-state index in [4.69, 9.17) is 20.9 Å². The molecule has 0 aliphatic carbocycles. The lowest BCUT2D eigenvalue weighted by molar-refractivity contribution is 0.284. The Hall–Kier alpha value is -3.09. The standard InChI is InChI=1S/C16H17FN4O2/c1-22-14-6-5-11(9-20-21-16(18)19)8-15(14)23-10-12-3-2-4-13(17)7-12/h2-9H,10H2,1H3,(H4,18,19,21). The molecule has 0 aliphatic rings. The Bertz CT molecular complexity index is 728. The summed E-state index contributed by atoms with van der Waals surface area (Å²) in [4.78, 5) is 0. The molecule has 0 saturated heterocycles. The fraction of sp³-hybridized carbons (Fsp3) is 0.125. The summed E-state index contributed by atoms with van der Waals surface area (Å²) in [5.41, 5.74) is 11.8. The molecule has 6 nitrogen and oxygen atoms in total. The molecule has 0 aliphatic heterocycles. The summed E-state index contributed by atoms with van der Waals surface area (Å²) in [5, 5.41) is 7.26. The van der Waals surface area contributed by atoms with Gasteiger partial charge < -0.3 is 20.9 Å². The monoisotopic (exact) mass is 316 g/mol. The van der Waals surface area contributed by atoms with E-state index < -0.39 is 0 Å². The number of hydrogen-bond donors (Lipinski definition) is 2. The third kappa shape index (κ3) is 4.99. The molecule has 23 heavy (non-hydrogen) atoms. The average molecular weight is 316 g/mol. The van der Waals surface area contributed by atoms with E-state index in [1.165, 1.54) is 25.5 Å². The predicted octanol–water partition coefficient (Wildman–Crippen LogP) is 2.02. The van der Waals surface area contributed by atoms with Crippen LogP contribution in [-0.2, 0) is 6.61 Å². The SMILES string of the molecule is COc1ccc(C=NN=C(N)N)cc1OCc1cccc(F)c1. The number of methoxy groups -OCH3 is 1. The van der Waals surface area contributed by atoms with Gasteiger partial charge in [-0.15, -0.1) is 5.10 Å². The summed E-state index contributed by atoms with van der Waals surface area (Å²) >= 11 is 0. The van der Waals surface area contributed by atoms with Crippen LogP contribution in [0.2, 0.25) is 0 Å². The van der Waals surface area contributed by atoms with Crippen LogP contribution in [0.1, 0.15) is 11.1 Å². The zero-order valence-electron chi connectivity index (χ0n) is 12.6. The molecule has 0 heterocycles. The molecular weight excluding hydrogens is 299 g/mol. The number of guanidine groups is 1. The van der Waals surface area contributed by atoms with E-state index in [2.05, 4.69) is 10.2 Å². The normalized spacial score (nSPS) is 10.5. The number of nitrogens with zero attached hydrogens (tertiary/aromatic N) is 2. The summed E-state index contributed by atoms with van der Waals surface area (Å²) in [6.45, 7) is 0.211. The summed E-state index contributed by atoms with van der Waals surface area (Å²) in [6, 6.07) is 11.4. The molecular formula is C16H17FN4O2. The van der Waals surface area contributed by atoms with E-state index in [1.54, 1.807) is 30.3 Å². The van der Waals surface area contributed by atoms with Gasteiger partial charge in [-0.2, -0.15) is 5.10 Å². The second-order valence-corrected chi connectivity index (χ2v) is 4.60.